The first-order chi connectivity index (χ1) is 9.81. The molecule has 0 aliphatic carbocycles. The summed E-state index contributed by atoms with van der Waals surface area (Å²) in [6.45, 7) is 5.18. The van der Waals surface area contributed by atoms with Crippen molar-refractivity contribution in [1.29, 1.82) is 0 Å². The number of hydrogen-bond donors (Lipinski definition) is 1. The fraction of sp³-hybridized carbons (Fsp3) is 0.538. The molecule has 0 spiro atoms. The Labute approximate surface area is 130 Å². The summed E-state index contributed by atoms with van der Waals surface area (Å²) in [5, 5.41) is 14.2. The van der Waals surface area contributed by atoms with E-state index in [1.807, 2.05) is 27.7 Å². The van der Waals surface area contributed by atoms with E-state index in [9.17, 15) is 10.1 Å². The minimum absolute atomic E-state index is 0.103. The predicted octanol–water partition coefficient (Wildman–Crippen LogP) is 3.93. The van der Waals surface area contributed by atoms with Gasteiger partial charge in [-0.05, 0) is 50.6 Å². The highest BCUT2D eigenvalue weighted by molar-refractivity contribution is 8.09. The van der Waals surface area contributed by atoms with E-state index in [1.54, 1.807) is 12.1 Å². The highest BCUT2D eigenvalue weighted by Gasteiger charge is 2.26. The Hall–Kier alpha value is -1.01. The molecule has 0 aliphatic rings. The van der Waals surface area contributed by atoms with Gasteiger partial charge in [0.1, 0.15) is 0 Å². The average molecular weight is 332 g/mol. The highest BCUT2D eigenvalue weighted by atomic mass is 32.5. The van der Waals surface area contributed by atoms with Crippen LogP contribution in [0.4, 0.5) is 5.69 Å². The molecule has 0 heterocycles. The Morgan fingerprint density at radius 1 is 1.48 bits per heavy atom. The molecule has 1 N–H and O–H groups in total. The standard InChI is InChI=1S/C13H21N2O4PS/c1-5-11(4)14-20(21,18-6-2)19-13-9-10(3)7-8-12(13)15(16)17/h7-9,11H,5-6H2,1-4H3,(H,14,21)/t11-,20-/m1/s1. The number of hydrogen-bond acceptors (Lipinski definition) is 5. The smallest absolute Gasteiger partial charge is 0.313 e. The molecule has 0 aromatic heterocycles. The van der Waals surface area contributed by atoms with Gasteiger partial charge in [-0.1, -0.05) is 13.0 Å². The van der Waals surface area contributed by atoms with Crippen LogP contribution >= 0.6 is 6.64 Å². The van der Waals surface area contributed by atoms with Crippen LogP contribution in [-0.4, -0.2) is 17.6 Å². The van der Waals surface area contributed by atoms with E-state index in [4.69, 9.17) is 20.9 Å². The monoisotopic (exact) mass is 332 g/mol. The molecule has 0 aliphatic heterocycles. The Morgan fingerprint density at radius 2 is 2.14 bits per heavy atom. The van der Waals surface area contributed by atoms with Crippen LogP contribution in [0.3, 0.4) is 0 Å². The summed E-state index contributed by atoms with van der Waals surface area (Å²) in [6.07, 6.45) is 0.852. The second-order valence-electron chi connectivity index (χ2n) is 4.67. The molecule has 0 unspecified atom stereocenters. The fourth-order valence-electron chi connectivity index (χ4n) is 1.60. The molecule has 21 heavy (non-hydrogen) atoms. The molecule has 0 radical (unpaired) electrons. The van der Waals surface area contributed by atoms with Gasteiger partial charge in [-0.25, -0.2) is 5.09 Å². The number of nitrogens with one attached hydrogen (secondary N) is 1. The molecule has 6 nitrogen and oxygen atoms in total. The highest BCUT2D eigenvalue weighted by Crippen LogP contribution is 2.47. The Kier molecular flexibility index (Phi) is 6.74. The molecule has 118 valence electrons. The number of nitro benzene ring substituents is 1. The zero-order valence-corrected chi connectivity index (χ0v) is 14.4. The maximum atomic E-state index is 11.1. The van der Waals surface area contributed by atoms with Gasteiger partial charge in [-0.3, -0.25) is 10.1 Å². The molecular weight excluding hydrogens is 311 g/mol. The third-order valence-corrected chi connectivity index (χ3v) is 5.47. The summed E-state index contributed by atoms with van der Waals surface area (Å²) in [7, 11) is 0. The molecule has 0 fully saturated rings. The van der Waals surface area contributed by atoms with Crippen molar-refractivity contribution >= 4 is 24.1 Å². The third kappa shape index (κ3) is 5.36. The largest absolute Gasteiger partial charge is 0.425 e. The molecule has 0 amide bonds. The summed E-state index contributed by atoms with van der Waals surface area (Å²) in [5.41, 5.74) is 0.748. The minimum atomic E-state index is -2.82. The van der Waals surface area contributed by atoms with E-state index >= 15 is 0 Å². The zero-order chi connectivity index (χ0) is 16.0. The first-order valence-corrected chi connectivity index (χ1v) is 9.42. The third-order valence-electron chi connectivity index (χ3n) is 2.82. The lowest BCUT2D eigenvalue weighted by Crippen LogP contribution is -2.25. The lowest BCUT2D eigenvalue weighted by molar-refractivity contribution is -0.385. The summed E-state index contributed by atoms with van der Waals surface area (Å²) < 4.78 is 11.3. The van der Waals surface area contributed by atoms with E-state index in [0.29, 0.717) is 6.61 Å². The van der Waals surface area contributed by atoms with Crippen molar-refractivity contribution in [3.63, 3.8) is 0 Å². The summed E-state index contributed by atoms with van der Waals surface area (Å²) in [6, 6.07) is 4.79. The van der Waals surface area contributed by atoms with Crippen molar-refractivity contribution in [2.45, 2.75) is 40.2 Å². The topological polar surface area (TPSA) is 73.6 Å². The first kappa shape index (κ1) is 18.0. The van der Waals surface area contributed by atoms with Crippen LogP contribution in [0.15, 0.2) is 18.2 Å². The van der Waals surface area contributed by atoms with Crippen LogP contribution in [0, 0.1) is 17.0 Å². The number of rotatable bonds is 8. The molecule has 0 saturated heterocycles. The van der Waals surface area contributed by atoms with E-state index in [-0.39, 0.29) is 17.5 Å². The first-order valence-electron chi connectivity index (χ1n) is 6.78. The second kappa shape index (κ2) is 7.84. The van der Waals surface area contributed by atoms with E-state index in [0.717, 1.165) is 12.0 Å². The molecule has 0 bridgehead atoms. The van der Waals surface area contributed by atoms with Crippen molar-refractivity contribution in [3.05, 3.63) is 33.9 Å². The minimum Gasteiger partial charge on any atom is -0.425 e. The van der Waals surface area contributed by atoms with Crippen LogP contribution < -0.4 is 9.61 Å². The second-order valence-corrected chi connectivity index (χ2v) is 7.81. The fourth-order valence-corrected chi connectivity index (χ4v) is 4.34. The quantitative estimate of drug-likeness (QED) is 0.442. The molecule has 1 aromatic rings. The SMILES string of the molecule is CCO[P@](=S)(N[C@H](C)CC)Oc1cc(C)ccc1[N+](=O)[O-]. The van der Waals surface area contributed by atoms with Gasteiger partial charge < -0.3 is 9.05 Å². The van der Waals surface area contributed by atoms with E-state index < -0.39 is 11.6 Å². The Morgan fingerprint density at radius 3 is 2.67 bits per heavy atom. The van der Waals surface area contributed by atoms with Gasteiger partial charge in [0, 0.05) is 12.1 Å². The van der Waals surface area contributed by atoms with Crippen molar-refractivity contribution < 1.29 is 14.0 Å². The van der Waals surface area contributed by atoms with Crippen LogP contribution in [0.5, 0.6) is 5.75 Å². The molecule has 2 atom stereocenters. The van der Waals surface area contributed by atoms with Crippen molar-refractivity contribution in [2.24, 2.45) is 0 Å². The molecule has 1 rings (SSSR count). The van der Waals surface area contributed by atoms with Crippen molar-refractivity contribution in [3.8, 4) is 5.75 Å². The van der Waals surface area contributed by atoms with Gasteiger partial charge >= 0.3 is 12.3 Å². The molecule has 0 saturated carbocycles. The van der Waals surface area contributed by atoms with Gasteiger partial charge in [0.05, 0.1) is 11.5 Å². The lowest BCUT2D eigenvalue weighted by Gasteiger charge is -2.26. The summed E-state index contributed by atoms with van der Waals surface area (Å²) in [5.74, 6) is 0.146. The number of aryl methyl sites for hydroxylation is 1. The van der Waals surface area contributed by atoms with Crippen LogP contribution in [0.2, 0.25) is 0 Å². The number of nitrogens with zero attached hydrogens (tertiary/aromatic N) is 1. The Balaban J connectivity index is 3.11. The van der Waals surface area contributed by atoms with Gasteiger partial charge in [-0.15, -0.1) is 0 Å². The van der Waals surface area contributed by atoms with Crippen molar-refractivity contribution in [1.82, 2.24) is 5.09 Å². The maximum absolute atomic E-state index is 11.1. The van der Waals surface area contributed by atoms with Crippen LogP contribution in [0.25, 0.3) is 0 Å². The predicted molar refractivity (Wildman–Crippen MR) is 87.3 cm³/mol. The molecule has 1 aromatic carbocycles. The number of benzene rings is 1. The summed E-state index contributed by atoms with van der Waals surface area (Å²) in [4.78, 5) is 10.6. The van der Waals surface area contributed by atoms with Gasteiger partial charge in [0.25, 0.3) is 0 Å². The van der Waals surface area contributed by atoms with Gasteiger partial charge in [0.2, 0.25) is 5.75 Å². The van der Waals surface area contributed by atoms with Crippen molar-refractivity contribution in [2.75, 3.05) is 6.61 Å². The van der Waals surface area contributed by atoms with Gasteiger partial charge in [-0.2, -0.15) is 0 Å². The lowest BCUT2D eigenvalue weighted by atomic mass is 10.2. The van der Waals surface area contributed by atoms with Gasteiger partial charge in [0.15, 0.2) is 0 Å². The maximum Gasteiger partial charge on any atom is 0.313 e. The summed E-state index contributed by atoms with van der Waals surface area (Å²) >= 11 is 5.45. The Bertz CT molecular complexity index is 553. The van der Waals surface area contributed by atoms with E-state index in [2.05, 4.69) is 5.09 Å². The average Bonchev–Trinajstić information content (AvgIpc) is 2.38. The number of nitro groups is 1. The van der Waals surface area contributed by atoms with Crippen LogP contribution in [0.1, 0.15) is 32.8 Å². The molecular formula is C13H21N2O4PS. The van der Waals surface area contributed by atoms with Crippen LogP contribution in [-0.2, 0) is 16.3 Å². The zero-order valence-electron chi connectivity index (χ0n) is 12.7. The van der Waals surface area contributed by atoms with E-state index in [1.165, 1.54) is 6.07 Å². The normalized spacial score (nSPS) is 15.2. The molecule has 8 heteroatoms.